The molecule has 0 bridgehead atoms. The number of nitrogens with one attached hydrogen (secondary N) is 2. The minimum absolute atomic E-state index is 0. The number of phenols is 2. The van der Waals surface area contributed by atoms with Crippen LogP contribution in [0, 0.1) is 0 Å². The zero-order chi connectivity index (χ0) is 42.5. The van der Waals surface area contributed by atoms with Gasteiger partial charge in [0.05, 0.1) is 11.1 Å². The predicted octanol–water partition coefficient (Wildman–Crippen LogP) is 0.860. The first-order chi connectivity index (χ1) is 26.9. The fourth-order valence-electron chi connectivity index (χ4n) is 5.69. The van der Waals surface area contributed by atoms with Crippen molar-refractivity contribution in [3.8, 4) is 11.5 Å². The number of carbonyl (C=O) groups is 2. The van der Waals surface area contributed by atoms with E-state index in [0.717, 1.165) is 48.6 Å². The van der Waals surface area contributed by atoms with E-state index in [1.165, 1.54) is 36.7 Å². The zero-order valence-electron chi connectivity index (χ0n) is 29.5. The molecule has 0 fully saturated rings. The summed E-state index contributed by atoms with van der Waals surface area (Å²) in [6.45, 7) is 0. The molecule has 59 heavy (non-hydrogen) atoms. The summed E-state index contributed by atoms with van der Waals surface area (Å²) in [6.07, 6.45) is 4.34. The van der Waals surface area contributed by atoms with E-state index in [2.05, 4.69) is 20.6 Å². The van der Waals surface area contributed by atoms with Crippen LogP contribution in [0.5, 0.6) is 11.5 Å². The standard InChI is InChI=1S/C34H24N4O16S4.Na/c39-31-23(15-27(57(49,50)51)21-3-1-11-35-29(21)31)33(41)37-19-9-7-17(25(13-19)55(43,44)45)5-6-18-8-10-20(14-26(18)56(46,47)48)38-34(42)24-16-28(58(52,53)54)22-4-2-12-36-30(22)32(24)40;/h1-16,39-40H,(H,37,41)(H,38,42)(H,43,44,45)(H,46,47,48)(H,49,50,51)(H,52,53,54);/q;+1/b6-5-;. The number of rotatable bonds is 10. The molecular weight excluding hydrogens is 872 g/mol. The fraction of sp³-hybridized carbons (Fsp3) is 0. The van der Waals surface area contributed by atoms with Gasteiger partial charge in [0.15, 0.2) is 11.5 Å². The van der Waals surface area contributed by atoms with Crippen LogP contribution < -0.4 is 40.2 Å². The number of carbonyl (C=O) groups excluding carboxylic acids is 2. The van der Waals surface area contributed by atoms with Gasteiger partial charge < -0.3 is 20.8 Å². The maximum atomic E-state index is 13.2. The molecule has 20 nitrogen and oxygen atoms in total. The number of benzene rings is 4. The first kappa shape index (κ1) is 44.7. The Balaban J connectivity index is 0.00000661. The van der Waals surface area contributed by atoms with Crippen LogP contribution in [-0.2, 0) is 40.5 Å². The monoisotopic (exact) mass is 895 g/mol. The second kappa shape index (κ2) is 16.3. The van der Waals surface area contributed by atoms with Crippen molar-refractivity contribution in [3.05, 3.63) is 107 Å². The van der Waals surface area contributed by atoms with Crippen LogP contribution in [-0.4, -0.2) is 83.9 Å². The summed E-state index contributed by atoms with van der Waals surface area (Å²) >= 11 is 0. The van der Waals surface area contributed by atoms with Crippen molar-refractivity contribution in [2.75, 3.05) is 10.6 Å². The van der Waals surface area contributed by atoms with Gasteiger partial charge in [-0.15, -0.1) is 0 Å². The minimum Gasteiger partial charge on any atom is -0.505 e. The van der Waals surface area contributed by atoms with Gasteiger partial charge in [0, 0.05) is 34.5 Å². The molecule has 0 unspecified atom stereocenters. The van der Waals surface area contributed by atoms with Gasteiger partial charge in [0.25, 0.3) is 52.3 Å². The Morgan fingerprint density at radius 3 is 1.17 bits per heavy atom. The van der Waals surface area contributed by atoms with Crippen LogP contribution in [0.25, 0.3) is 34.0 Å². The summed E-state index contributed by atoms with van der Waals surface area (Å²) in [4.78, 5) is 30.8. The Kier molecular flexibility index (Phi) is 12.4. The van der Waals surface area contributed by atoms with Gasteiger partial charge >= 0.3 is 29.6 Å². The molecule has 0 saturated heterocycles. The number of nitrogens with zero attached hydrogens (tertiary/aromatic N) is 2. The van der Waals surface area contributed by atoms with Crippen LogP contribution in [0.15, 0.2) is 105 Å². The van der Waals surface area contributed by atoms with E-state index in [4.69, 9.17) is 0 Å². The third-order valence-electron chi connectivity index (χ3n) is 8.24. The molecule has 0 aliphatic rings. The first-order valence-electron chi connectivity index (χ1n) is 15.7. The normalized spacial score (nSPS) is 12.3. The van der Waals surface area contributed by atoms with E-state index >= 15 is 0 Å². The van der Waals surface area contributed by atoms with Crippen molar-refractivity contribution in [2.24, 2.45) is 0 Å². The number of amides is 2. The number of hydrogen-bond acceptors (Lipinski definition) is 14. The number of aromatic nitrogens is 2. The molecule has 0 spiro atoms. The Labute approximate surface area is 355 Å². The molecule has 6 rings (SSSR count). The zero-order valence-corrected chi connectivity index (χ0v) is 34.8. The predicted molar refractivity (Wildman–Crippen MR) is 204 cm³/mol. The molecule has 300 valence electrons. The number of anilines is 2. The van der Waals surface area contributed by atoms with Crippen molar-refractivity contribution >= 4 is 97.6 Å². The van der Waals surface area contributed by atoms with Crippen LogP contribution in [0.2, 0.25) is 0 Å². The molecule has 8 N–H and O–H groups in total. The number of fused-ring (bicyclic) bond motifs is 2. The van der Waals surface area contributed by atoms with Gasteiger partial charge in [-0.1, -0.05) is 24.3 Å². The third-order valence-corrected chi connectivity index (χ3v) is 11.8. The van der Waals surface area contributed by atoms with Crippen molar-refractivity contribution in [1.29, 1.82) is 0 Å². The third kappa shape index (κ3) is 9.42. The summed E-state index contributed by atoms with van der Waals surface area (Å²) in [5.41, 5.74) is -3.36. The van der Waals surface area contributed by atoms with E-state index < -0.39 is 94.5 Å². The number of pyridine rings is 2. The topological polar surface area (TPSA) is 342 Å². The number of phenolic OH excluding ortho intramolecular Hbond substituents is 2. The maximum absolute atomic E-state index is 13.2. The van der Waals surface area contributed by atoms with Crippen molar-refractivity contribution < 1.29 is 101 Å². The molecule has 0 aliphatic carbocycles. The summed E-state index contributed by atoms with van der Waals surface area (Å²) in [6, 6.07) is 12.2. The Morgan fingerprint density at radius 2 is 0.847 bits per heavy atom. The summed E-state index contributed by atoms with van der Waals surface area (Å²) in [5.74, 6) is -3.97. The number of aromatic hydroxyl groups is 2. The second-order valence-corrected chi connectivity index (χ2v) is 17.5. The smallest absolute Gasteiger partial charge is 0.505 e. The Bertz CT molecular complexity index is 3040. The SMILES string of the molecule is O=C(Nc1ccc(/C=C\c2ccc(NC(=O)c3cc(S(=O)(=O)O)c4cccnc4c3O)cc2S(=O)(=O)O)c(S(=O)(=O)O)c1)c1cc(S(=O)(=O)O)c2cccnc2c1O.[Na+]. The molecule has 0 aliphatic heterocycles. The van der Waals surface area contributed by atoms with Crippen molar-refractivity contribution in [3.63, 3.8) is 0 Å². The van der Waals surface area contributed by atoms with Gasteiger partial charge in [0.2, 0.25) is 0 Å². The van der Waals surface area contributed by atoms with E-state index in [1.807, 2.05) is 0 Å². The molecule has 25 heteroatoms. The van der Waals surface area contributed by atoms with E-state index in [-0.39, 0.29) is 73.9 Å². The van der Waals surface area contributed by atoms with E-state index in [0.29, 0.717) is 12.1 Å². The first-order valence-corrected chi connectivity index (χ1v) is 21.4. The largest absolute Gasteiger partial charge is 1.00 e. The summed E-state index contributed by atoms with van der Waals surface area (Å²) < 4.78 is 137. The number of hydrogen-bond donors (Lipinski definition) is 8. The van der Waals surface area contributed by atoms with Gasteiger partial charge in [-0.05, 0) is 71.8 Å². The molecule has 2 heterocycles. The fourth-order valence-corrected chi connectivity index (χ4v) is 8.53. The van der Waals surface area contributed by atoms with Gasteiger partial charge in [0.1, 0.15) is 30.6 Å². The average Bonchev–Trinajstić information content (AvgIpc) is 3.13. The summed E-state index contributed by atoms with van der Waals surface area (Å²) in [5, 5.41) is 25.4. The molecule has 0 saturated carbocycles. The van der Waals surface area contributed by atoms with Crippen LogP contribution in [0.4, 0.5) is 11.4 Å². The van der Waals surface area contributed by atoms with Crippen LogP contribution >= 0.6 is 0 Å². The van der Waals surface area contributed by atoms with Gasteiger partial charge in [-0.2, -0.15) is 33.7 Å². The molecule has 0 atom stereocenters. The molecule has 0 radical (unpaired) electrons. The quantitative estimate of drug-likeness (QED) is 0.0537. The molecular formula is C34H24N4NaO16S4+. The maximum Gasteiger partial charge on any atom is 1.00 e. The molecule has 6 aromatic rings. The molecule has 2 amide bonds. The Morgan fingerprint density at radius 1 is 0.508 bits per heavy atom. The minimum atomic E-state index is -5.11. The Hall–Kier alpha value is -5.38. The van der Waals surface area contributed by atoms with Crippen molar-refractivity contribution in [2.45, 2.75) is 19.6 Å². The van der Waals surface area contributed by atoms with E-state index in [1.54, 1.807) is 0 Å². The van der Waals surface area contributed by atoms with Gasteiger partial charge in [-0.3, -0.25) is 37.8 Å². The molecule has 2 aromatic heterocycles. The van der Waals surface area contributed by atoms with Crippen LogP contribution in [0.3, 0.4) is 0 Å². The van der Waals surface area contributed by atoms with E-state index in [9.17, 15) is 71.7 Å². The molecule has 4 aromatic carbocycles. The average molecular weight is 896 g/mol. The summed E-state index contributed by atoms with van der Waals surface area (Å²) in [7, 11) is -20.1. The second-order valence-electron chi connectivity index (χ2n) is 12.0. The van der Waals surface area contributed by atoms with Crippen LogP contribution in [0.1, 0.15) is 31.8 Å². The van der Waals surface area contributed by atoms with Gasteiger partial charge in [-0.25, -0.2) is 0 Å². The van der Waals surface area contributed by atoms with Crippen molar-refractivity contribution in [1.82, 2.24) is 9.97 Å².